The quantitative estimate of drug-likeness (QED) is 0.821. The zero-order valence-electron chi connectivity index (χ0n) is 10.4. The molecule has 1 aromatic rings. The largest absolute Gasteiger partial charge is 0.387 e. The molecule has 1 saturated carbocycles. The minimum atomic E-state index is -0.731. The summed E-state index contributed by atoms with van der Waals surface area (Å²) in [5.41, 5.74) is 0.736. The monoisotopic (exact) mass is 278 g/mol. The summed E-state index contributed by atoms with van der Waals surface area (Å²) in [6.45, 7) is 0.0819. The molecule has 100 valence electrons. The van der Waals surface area contributed by atoms with Gasteiger partial charge in [0.1, 0.15) is 12.1 Å². The number of aliphatic hydroxyl groups excluding tert-OH is 1. The van der Waals surface area contributed by atoms with Crippen LogP contribution in [0.4, 0.5) is 0 Å². The summed E-state index contributed by atoms with van der Waals surface area (Å²) in [6.07, 6.45) is 1.62. The third-order valence-electron chi connectivity index (χ3n) is 3.86. The first-order valence-electron chi connectivity index (χ1n) is 6.42. The Morgan fingerprint density at radius 3 is 3.00 bits per heavy atom. The van der Waals surface area contributed by atoms with Crippen LogP contribution in [0.1, 0.15) is 24.8 Å². The first-order valence-corrected chi connectivity index (χ1v) is 6.80. The maximum atomic E-state index is 11.8. The Labute approximate surface area is 116 Å². The van der Waals surface area contributed by atoms with Crippen LogP contribution < -0.4 is 5.32 Å². The average Bonchev–Trinajstić information content (AvgIpc) is 2.39. The number of carbonyl (C=O) groups excluding carboxylic acids is 1. The Morgan fingerprint density at radius 1 is 1.42 bits per heavy atom. The summed E-state index contributed by atoms with van der Waals surface area (Å²) in [7, 11) is 0. The van der Waals surface area contributed by atoms with Crippen LogP contribution in [0.15, 0.2) is 29.3 Å². The molecule has 2 N–H and O–H groups in total. The minimum Gasteiger partial charge on any atom is -0.387 e. The Balaban J connectivity index is 2.17. The van der Waals surface area contributed by atoms with E-state index in [-0.39, 0.29) is 12.5 Å². The Hall–Kier alpha value is -1.39. The number of benzene rings is 1. The van der Waals surface area contributed by atoms with Gasteiger partial charge >= 0.3 is 0 Å². The molecule has 0 radical (unpaired) electrons. The second-order valence-electron chi connectivity index (χ2n) is 5.04. The van der Waals surface area contributed by atoms with E-state index in [0.29, 0.717) is 17.2 Å². The van der Waals surface area contributed by atoms with E-state index < -0.39 is 11.6 Å². The molecule has 4 nitrogen and oxygen atoms in total. The molecule has 1 aliphatic heterocycles. The van der Waals surface area contributed by atoms with Crippen LogP contribution in [0.3, 0.4) is 0 Å². The highest BCUT2D eigenvalue weighted by Crippen LogP contribution is 2.39. The number of hydrogen-bond donors (Lipinski definition) is 2. The zero-order valence-corrected chi connectivity index (χ0v) is 11.2. The third kappa shape index (κ3) is 1.95. The summed E-state index contributed by atoms with van der Waals surface area (Å²) < 4.78 is 0. The van der Waals surface area contributed by atoms with Gasteiger partial charge in [-0.15, -0.1) is 0 Å². The first-order chi connectivity index (χ1) is 9.13. The molecule has 1 heterocycles. The van der Waals surface area contributed by atoms with E-state index in [9.17, 15) is 9.90 Å². The van der Waals surface area contributed by atoms with Crippen LogP contribution in [-0.4, -0.2) is 29.4 Å². The zero-order chi connectivity index (χ0) is 13.5. The average molecular weight is 279 g/mol. The number of nitrogens with one attached hydrogen (secondary N) is 1. The molecule has 0 spiro atoms. The molecular weight excluding hydrogens is 264 g/mol. The van der Waals surface area contributed by atoms with E-state index in [2.05, 4.69) is 10.3 Å². The SMILES string of the molecule is O=C1CN=C2[C@H](O)CCCC2(c2ccccc2Cl)N1. The summed E-state index contributed by atoms with van der Waals surface area (Å²) in [6, 6.07) is 7.42. The number of fused-ring (bicyclic) bond motifs is 1. The number of carbonyl (C=O) groups is 1. The van der Waals surface area contributed by atoms with E-state index in [1.165, 1.54) is 0 Å². The van der Waals surface area contributed by atoms with Crippen molar-refractivity contribution in [3.8, 4) is 0 Å². The molecule has 0 saturated heterocycles. The van der Waals surface area contributed by atoms with Crippen molar-refractivity contribution >= 4 is 23.2 Å². The Kier molecular flexibility index (Phi) is 3.07. The highest BCUT2D eigenvalue weighted by Gasteiger charge is 2.47. The van der Waals surface area contributed by atoms with Crippen molar-refractivity contribution in [1.29, 1.82) is 0 Å². The Morgan fingerprint density at radius 2 is 2.21 bits per heavy atom. The number of amides is 1. The fourth-order valence-electron chi connectivity index (χ4n) is 3.06. The summed E-state index contributed by atoms with van der Waals surface area (Å²) in [5.74, 6) is -0.127. The van der Waals surface area contributed by atoms with Crippen LogP contribution in [0.2, 0.25) is 5.02 Å². The molecule has 3 rings (SSSR count). The van der Waals surface area contributed by atoms with Crippen molar-refractivity contribution in [1.82, 2.24) is 5.32 Å². The molecule has 1 fully saturated rings. The van der Waals surface area contributed by atoms with E-state index in [1.807, 2.05) is 18.2 Å². The predicted molar refractivity (Wildman–Crippen MR) is 73.4 cm³/mol. The molecule has 2 aliphatic rings. The molecule has 1 aliphatic carbocycles. The van der Waals surface area contributed by atoms with Crippen molar-refractivity contribution in [2.45, 2.75) is 30.9 Å². The smallest absolute Gasteiger partial charge is 0.242 e. The molecule has 5 heteroatoms. The maximum Gasteiger partial charge on any atom is 0.242 e. The molecule has 0 bridgehead atoms. The van der Waals surface area contributed by atoms with Gasteiger partial charge in [0.05, 0.1) is 11.8 Å². The van der Waals surface area contributed by atoms with Gasteiger partial charge < -0.3 is 10.4 Å². The number of halogens is 1. The fraction of sp³-hybridized carbons (Fsp3) is 0.429. The van der Waals surface area contributed by atoms with Crippen molar-refractivity contribution in [2.24, 2.45) is 4.99 Å². The van der Waals surface area contributed by atoms with Gasteiger partial charge in [-0.3, -0.25) is 9.79 Å². The minimum absolute atomic E-state index is 0.0819. The molecular formula is C14H15ClN2O2. The van der Waals surface area contributed by atoms with Crippen LogP contribution >= 0.6 is 11.6 Å². The van der Waals surface area contributed by atoms with E-state index in [0.717, 1.165) is 18.4 Å². The van der Waals surface area contributed by atoms with Crippen LogP contribution in [-0.2, 0) is 10.3 Å². The lowest BCUT2D eigenvalue weighted by atomic mass is 9.72. The van der Waals surface area contributed by atoms with Gasteiger partial charge in [0.25, 0.3) is 0 Å². The highest BCUT2D eigenvalue weighted by molar-refractivity contribution is 6.32. The Bertz CT molecular complexity index is 558. The van der Waals surface area contributed by atoms with Crippen molar-refractivity contribution in [3.63, 3.8) is 0 Å². The maximum absolute atomic E-state index is 11.8. The van der Waals surface area contributed by atoms with Crippen LogP contribution in [0, 0.1) is 0 Å². The van der Waals surface area contributed by atoms with E-state index >= 15 is 0 Å². The van der Waals surface area contributed by atoms with Gasteiger partial charge in [0.15, 0.2) is 0 Å². The standard InChI is InChI=1S/C14H15ClN2O2/c15-10-5-2-1-4-9(10)14-7-3-6-11(18)13(14)16-8-12(19)17-14/h1-2,4-5,11,18H,3,6-8H2,(H,17,19)/t11-,14?/m1/s1. The number of aliphatic hydroxyl groups is 1. The summed E-state index contributed by atoms with van der Waals surface area (Å²) in [5, 5.41) is 13.8. The molecule has 1 unspecified atom stereocenters. The lowest BCUT2D eigenvalue weighted by Crippen LogP contribution is -2.60. The van der Waals surface area contributed by atoms with Crippen molar-refractivity contribution in [3.05, 3.63) is 34.9 Å². The van der Waals surface area contributed by atoms with Crippen molar-refractivity contribution < 1.29 is 9.90 Å². The molecule has 0 aromatic heterocycles. The van der Waals surface area contributed by atoms with Crippen molar-refractivity contribution in [2.75, 3.05) is 6.54 Å². The van der Waals surface area contributed by atoms with Gasteiger partial charge in [-0.2, -0.15) is 0 Å². The third-order valence-corrected chi connectivity index (χ3v) is 4.19. The highest BCUT2D eigenvalue weighted by atomic mass is 35.5. The van der Waals surface area contributed by atoms with Gasteiger partial charge in [-0.1, -0.05) is 29.8 Å². The lowest BCUT2D eigenvalue weighted by Gasteiger charge is -2.44. The second kappa shape index (κ2) is 4.62. The number of aliphatic imine (C=N–C) groups is 1. The number of hydrogen-bond acceptors (Lipinski definition) is 3. The lowest BCUT2D eigenvalue weighted by molar-refractivity contribution is -0.121. The molecule has 19 heavy (non-hydrogen) atoms. The normalized spacial score (nSPS) is 30.3. The molecule has 1 aromatic carbocycles. The molecule has 2 atom stereocenters. The van der Waals surface area contributed by atoms with Gasteiger partial charge in [0.2, 0.25) is 5.91 Å². The predicted octanol–water partition coefficient (Wildman–Crippen LogP) is 1.65. The molecule has 1 amide bonds. The topological polar surface area (TPSA) is 61.7 Å². The fourth-order valence-corrected chi connectivity index (χ4v) is 3.36. The van der Waals surface area contributed by atoms with Gasteiger partial charge in [0, 0.05) is 10.6 Å². The first kappa shape index (κ1) is 12.6. The van der Waals surface area contributed by atoms with Gasteiger partial charge in [-0.25, -0.2) is 0 Å². The number of rotatable bonds is 1. The van der Waals surface area contributed by atoms with Gasteiger partial charge in [-0.05, 0) is 25.3 Å². The number of nitrogens with zero attached hydrogens (tertiary/aromatic N) is 1. The van der Waals surface area contributed by atoms with Crippen LogP contribution in [0.25, 0.3) is 0 Å². The van der Waals surface area contributed by atoms with E-state index in [4.69, 9.17) is 11.6 Å². The second-order valence-corrected chi connectivity index (χ2v) is 5.45. The van der Waals surface area contributed by atoms with Crippen LogP contribution in [0.5, 0.6) is 0 Å². The van der Waals surface area contributed by atoms with E-state index in [1.54, 1.807) is 6.07 Å². The summed E-state index contributed by atoms with van der Waals surface area (Å²) in [4.78, 5) is 16.1. The summed E-state index contributed by atoms with van der Waals surface area (Å²) >= 11 is 6.28.